The van der Waals surface area contributed by atoms with Crippen LogP contribution in [0.1, 0.15) is 0 Å². The van der Waals surface area contributed by atoms with Crippen LogP contribution in [0.25, 0.3) is 11.4 Å². The van der Waals surface area contributed by atoms with Gasteiger partial charge in [0.05, 0.1) is 12.8 Å². The first kappa shape index (κ1) is 18.1. The number of rotatable bonds is 5. The van der Waals surface area contributed by atoms with Crippen LogP contribution in [0.4, 0.5) is 10.1 Å². The summed E-state index contributed by atoms with van der Waals surface area (Å²) in [6.45, 7) is -0.0756. The molecule has 0 spiro atoms. The van der Waals surface area contributed by atoms with Crippen molar-refractivity contribution in [2.45, 2.75) is 6.54 Å². The fourth-order valence-electron chi connectivity index (χ4n) is 2.39. The molecule has 0 bridgehead atoms. The van der Waals surface area contributed by atoms with Crippen molar-refractivity contribution in [1.82, 2.24) is 14.8 Å². The maximum Gasteiger partial charge on any atom is 0.244 e. The number of aromatic amines is 1. The first-order valence-electron chi connectivity index (χ1n) is 7.52. The number of methoxy groups -OCH3 is 1. The van der Waals surface area contributed by atoms with E-state index in [0.717, 1.165) is 5.56 Å². The number of benzene rings is 2. The highest BCUT2D eigenvalue weighted by molar-refractivity contribution is 7.71. The zero-order valence-electron chi connectivity index (χ0n) is 13.6. The molecule has 2 aromatic carbocycles. The molecule has 1 amide bonds. The molecule has 0 fully saturated rings. The van der Waals surface area contributed by atoms with Crippen molar-refractivity contribution in [3.63, 3.8) is 0 Å². The summed E-state index contributed by atoms with van der Waals surface area (Å²) in [7, 11) is 1.40. The maximum atomic E-state index is 13.3. The van der Waals surface area contributed by atoms with Gasteiger partial charge >= 0.3 is 0 Å². The Kier molecular flexibility index (Phi) is 5.34. The summed E-state index contributed by atoms with van der Waals surface area (Å²) in [6, 6.07) is 10.9. The Hall–Kier alpha value is -2.71. The molecule has 0 aliphatic carbocycles. The average Bonchev–Trinajstić information content (AvgIpc) is 2.98. The summed E-state index contributed by atoms with van der Waals surface area (Å²) in [6.07, 6.45) is 0. The van der Waals surface area contributed by atoms with Gasteiger partial charge in [-0.25, -0.2) is 4.39 Å². The van der Waals surface area contributed by atoms with Gasteiger partial charge < -0.3 is 10.1 Å². The first-order chi connectivity index (χ1) is 12.5. The van der Waals surface area contributed by atoms with E-state index in [1.807, 2.05) is 0 Å². The molecule has 2 N–H and O–H groups in total. The lowest BCUT2D eigenvalue weighted by Crippen LogP contribution is -2.20. The lowest BCUT2D eigenvalue weighted by molar-refractivity contribution is -0.116. The van der Waals surface area contributed by atoms with Crippen molar-refractivity contribution >= 4 is 35.4 Å². The van der Waals surface area contributed by atoms with Crippen LogP contribution in [-0.4, -0.2) is 27.8 Å². The molecule has 0 radical (unpaired) electrons. The molecule has 0 atom stereocenters. The van der Waals surface area contributed by atoms with Crippen molar-refractivity contribution in [2.75, 3.05) is 12.4 Å². The summed E-state index contributed by atoms with van der Waals surface area (Å²) in [5, 5.41) is 10.1. The summed E-state index contributed by atoms with van der Waals surface area (Å²) < 4.78 is 20.2. The predicted molar refractivity (Wildman–Crippen MR) is 99.4 cm³/mol. The van der Waals surface area contributed by atoms with Crippen LogP contribution in [0.5, 0.6) is 5.75 Å². The number of nitrogens with one attached hydrogen (secondary N) is 2. The average molecular weight is 393 g/mol. The molecule has 0 saturated heterocycles. The molecule has 134 valence electrons. The van der Waals surface area contributed by atoms with E-state index in [1.165, 1.54) is 25.3 Å². The number of carbonyl (C=O) groups is 1. The van der Waals surface area contributed by atoms with Gasteiger partial charge in [0, 0.05) is 16.7 Å². The molecule has 9 heteroatoms. The van der Waals surface area contributed by atoms with E-state index in [0.29, 0.717) is 21.3 Å². The van der Waals surface area contributed by atoms with Gasteiger partial charge in [-0.3, -0.25) is 14.5 Å². The Morgan fingerprint density at radius 2 is 2.08 bits per heavy atom. The van der Waals surface area contributed by atoms with E-state index in [1.54, 1.807) is 28.8 Å². The molecule has 3 rings (SSSR count). The van der Waals surface area contributed by atoms with E-state index >= 15 is 0 Å². The molecule has 6 nitrogen and oxygen atoms in total. The minimum Gasteiger partial charge on any atom is -0.494 e. The number of nitrogens with zero attached hydrogens (tertiary/aromatic N) is 2. The smallest absolute Gasteiger partial charge is 0.244 e. The van der Waals surface area contributed by atoms with Crippen LogP contribution < -0.4 is 10.1 Å². The first-order valence-corrected chi connectivity index (χ1v) is 8.31. The Morgan fingerprint density at radius 3 is 2.77 bits per heavy atom. The lowest BCUT2D eigenvalue weighted by Gasteiger charge is -2.11. The van der Waals surface area contributed by atoms with Crippen molar-refractivity contribution in [1.29, 1.82) is 0 Å². The monoisotopic (exact) mass is 392 g/mol. The maximum absolute atomic E-state index is 13.3. The third kappa shape index (κ3) is 3.92. The zero-order valence-corrected chi connectivity index (χ0v) is 15.2. The summed E-state index contributed by atoms with van der Waals surface area (Å²) >= 11 is 11.1. The SMILES string of the molecule is COc1cc(F)ccc1NC(=O)Cn1c(-c2ccc(Cl)cc2)n[nH]c1=S. The van der Waals surface area contributed by atoms with Crippen LogP contribution in [0, 0.1) is 10.6 Å². The van der Waals surface area contributed by atoms with Gasteiger partial charge in [0.1, 0.15) is 18.1 Å². The quantitative estimate of drug-likeness (QED) is 0.642. The number of carbonyl (C=O) groups excluding carboxylic acids is 1. The highest BCUT2D eigenvalue weighted by Gasteiger charge is 2.14. The number of anilines is 1. The molecular weight excluding hydrogens is 379 g/mol. The van der Waals surface area contributed by atoms with E-state index in [4.69, 9.17) is 28.6 Å². The molecule has 0 aliphatic rings. The third-order valence-corrected chi connectivity index (χ3v) is 4.16. The Bertz CT molecular complexity index is 1000. The fourth-order valence-corrected chi connectivity index (χ4v) is 2.71. The Morgan fingerprint density at radius 1 is 1.35 bits per heavy atom. The van der Waals surface area contributed by atoms with Gasteiger partial charge in [-0.2, -0.15) is 5.10 Å². The van der Waals surface area contributed by atoms with Crippen LogP contribution in [0.15, 0.2) is 42.5 Å². The second-order valence-electron chi connectivity index (χ2n) is 5.34. The number of aromatic nitrogens is 3. The van der Waals surface area contributed by atoms with Gasteiger partial charge in [0.2, 0.25) is 5.91 Å². The lowest BCUT2D eigenvalue weighted by atomic mass is 10.2. The van der Waals surface area contributed by atoms with E-state index in [2.05, 4.69) is 15.5 Å². The second-order valence-corrected chi connectivity index (χ2v) is 6.16. The van der Waals surface area contributed by atoms with Crippen molar-refractivity contribution in [3.05, 3.63) is 58.1 Å². The summed E-state index contributed by atoms with van der Waals surface area (Å²) in [5.41, 5.74) is 1.12. The molecule has 0 saturated carbocycles. The van der Waals surface area contributed by atoms with Crippen LogP contribution >= 0.6 is 23.8 Å². The minimum absolute atomic E-state index is 0.0756. The Balaban J connectivity index is 1.83. The summed E-state index contributed by atoms with van der Waals surface area (Å²) in [5.74, 6) is -0.0792. The second kappa shape index (κ2) is 7.67. The number of hydrogen-bond acceptors (Lipinski definition) is 4. The number of hydrogen-bond donors (Lipinski definition) is 2. The molecule has 26 heavy (non-hydrogen) atoms. The highest BCUT2D eigenvalue weighted by Crippen LogP contribution is 2.25. The zero-order chi connectivity index (χ0) is 18.7. The Labute approximate surface area is 158 Å². The normalized spacial score (nSPS) is 10.6. The molecule has 3 aromatic rings. The van der Waals surface area contributed by atoms with Gasteiger partial charge in [0.15, 0.2) is 10.6 Å². The largest absolute Gasteiger partial charge is 0.494 e. The van der Waals surface area contributed by atoms with Crippen LogP contribution in [0.2, 0.25) is 5.02 Å². The number of halogens is 2. The fraction of sp³-hybridized carbons (Fsp3) is 0.118. The van der Waals surface area contributed by atoms with Gasteiger partial charge in [0.25, 0.3) is 0 Å². The van der Waals surface area contributed by atoms with Gasteiger partial charge in [-0.1, -0.05) is 11.6 Å². The third-order valence-electron chi connectivity index (χ3n) is 3.60. The molecule has 0 aliphatic heterocycles. The number of amides is 1. The molecule has 0 unspecified atom stereocenters. The van der Waals surface area contributed by atoms with Crippen molar-refractivity contribution < 1.29 is 13.9 Å². The van der Waals surface area contributed by atoms with Crippen molar-refractivity contribution in [3.8, 4) is 17.1 Å². The summed E-state index contributed by atoms with van der Waals surface area (Å²) in [4.78, 5) is 12.4. The number of ether oxygens (including phenoxy) is 1. The molecule has 1 heterocycles. The van der Waals surface area contributed by atoms with Crippen LogP contribution in [-0.2, 0) is 11.3 Å². The van der Waals surface area contributed by atoms with Crippen LogP contribution in [0.3, 0.4) is 0 Å². The number of H-pyrrole nitrogens is 1. The highest BCUT2D eigenvalue weighted by atomic mass is 35.5. The topological polar surface area (TPSA) is 71.9 Å². The molecule has 1 aromatic heterocycles. The van der Waals surface area contributed by atoms with Gasteiger partial charge in [-0.15, -0.1) is 0 Å². The standard InChI is InChI=1S/C17H14ClFN4O2S/c1-25-14-8-12(19)6-7-13(14)20-15(24)9-23-16(21-22-17(23)26)10-2-4-11(18)5-3-10/h2-8H,9H2,1H3,(H,20,24)(H,22,26). The van der Waals surface area contributed by atoms with E-state index < -0.39 is 5.82 Å². The van der Waals surface area contributed by atoms with E-state index in [9.17, 15) is 9.18 Å². The minimum atomic E-state index is -0.457. The van der Waals surface area contributed by atoms with Gasteiger partial charge in [-0.05, 0) is 48.6 Å². The van der Waals surface area contributed by atoms with E-state index in [-0.39, 0.29) is 18.2 Å². The predicted octanol–water partition coefficient (Wildman–Crippen LogP) is 4.05. The van der Waals surface area contributed by atoms with Crippen molar-refractivity contribution in [2.24, 2.45) is 0 Å². The molecular formula is C17H14ClFN4O2S.